The van der Waals surface area contributed by atoms with E-state index in [0.29, 0.717) is 29.1 Å². The van der Waals surface area contributed by atoms with Gasteiger partial charge in [0.25, 0.3) is 11.8 Å². The predicted octanol–water partition coefficient (Wildman–Crippen LogP) is 2.50. The molecule has 0 aromatic heterocycles. The van der Waals surface area contributed by atoms with Crippen LogP contribution in [0.25, 0.3) is 0 Å². The van der Waals surface area contributed by atoms with E-state index in [2.05, 4.69) is 5.32 Å². The third kappa shape index (κ3) is 3.81. The fourth-order valence-electron chi connectivity index (χ4n) is 2.79. The monoisotopic (exact) mass is 346 g/mol. The molecular weight excluding hydrogens is 324 g/mol. The molecular formula is C18H22N2O5. The van der Waals surface area contributed by atoms with E-state index in [9.17, 15) is 14.4 Å². The smallest absolute Gasteiger partial charge is 0.303 e. The second kappa shape index (κ2) is 7.83. The number of nitrogens with one attached hydrogen (secondary N) is 1. The summed E-state index contributed by atoms with van der Waals surface area (Å²) in [6.45, 7) is 3.91. The molecule has 25 heavy (non-hydrogen) atoms. The highest BCUT2D eigenvalue weighted by Gasteiger charge is 2.40. The minimum atomic E-state index is -0.954. The molecule has 1 aromatic carbocycles. The number of anilines is 1. The summed E-state index contributed by atoms with van der Waals surface area (Å²) in [6.07, 6.45) is 1.93. The number of fused-ring (bicyclic) bond motifs is 1. The molecule has 0 saturated heterocycles. The SMILES string of the molecule is C/C=C(/CNc1cccc2c1C(=O)N(C(C)CCC(=O)O)C2=O)OC. The van der Waals surface area contributed by atoms with Crippen molar-refractivity contribution >= 4 is 23.5 Å². The van der Waals surface area contributed by atoms with Crippen molar-refractivity contribution in [3.05, 3.63) is 41.2 Å². The molecule has 2 amide bonds. The van der Waals surface area contributed by atoms with Crippen molar-refractivity contribution in [2.75, 3.05) is 19.0 Å². The number of carbonyl (C=O) groups is 3. The van der Waals surface area contributed by atoms with Crippen LogP contribution in [0.5, 0.6) is 0 Å². The van der Waals surface area contributed by atoms with E-state index in [0.717, 1.165) is 4.90 Å². The summed E-state index contributed by atoms with van der Waals surface area (Å²) in [6, 6.07) is 4.57. The van der Waals surface area contributed by atoms with Gasteiger partial charge in [-0.05, 0) is 38.5 Å². The number of allylic oxidation sites excluding steroid dienone is 1. The maximum absolute atomic E-state index is 12.8. The molecule has 134 valence electrons. The zero-order chi connectivity index (χ0) is 18.6. The van der Waals surface area contributed by atoms with Gasteiger partial charge in [-0.2, -0.15) is 0 Å². The van der Waals surface area contributed by atoms with Crippen LogP contribution in [0.1, 0.15) is 47.4 Å². The minimum absolute atomic E-state index is 0.0990. The van der Waals surface area contributed by atoms with E-state index >= 15 is 0 Å². The number of aliphatic carboxylic acids is 1. The molecule has 1 unspecified atom stereocenters. The van der Waals surface area contributed by atoms with Crippen molar-refractivity contribution in [2.45, 2.75) is 32.7 Å². The number of carbonyl (C=O) groups excluding carboxylic acids is 2. The number of hydrogen-bond donors (Lipinski definition) is 2. The average Bonchev–Trinajstić information content (AvgIpc) is 2.85. The van der Waals surface area contributed by atoms with Gasteiger partial charge >= 0.3 is 5.97 Å². The van der Waals surface area contributed by atoms with E-state index in [4.69, 9.17) is 9.84 Å². The van der Waals surface area contributed by atoms with Crippen molar-refractivity contribution in [1.82, 2.24) is 4.90 Å². The van der Waals surface area contributed by atoms with Crippen LogP contribution in [0, 0.1) is 0 Å². The summed E-state index contributed by atoms with van der Waals surface area (Å²) in [4.78, 5) is 37.2. The zero-order valence-electron chi connectivity index (χ0n) is 14.5. The van der Waals surface area contributed by atoms with Gasteiger partial charge in [-0.3, -0.25) is 19.3 Å². The number of hydrogen-bond acceptors (Lipinski definition) is 5. The highest BCUT2D eigenvalue weighted by Crippen LogP contribution is 2.31. The quantitative estimate of drug-likeness (QED) is 0.555. The molecule has 0 radical (unpaired) electrons. The normalized spacial score (nSPS) is 15.2. The highest BCUT2D eigenvalue weighted by atomic mass is 16.5. The summed E-state index contributed by atoms with van der Waals surface area (Å²) in [5, 5.41) is 11.9. The molecule has 0 fully saturated rings. The van der Waals surface area contributed by atoms with E-state index in [1.54, 1.807) is 32.2 Å². The van der Waals surface area contributed by atoms with Crippen molar-refractivity contribution in [3.8, 4) is 0 Å². The van der Waals surface area contributed by atoms with E-state index in [1.165, 1.54) is 0 Å². The number of nitrogens with zero attached hydrogens (tertiary/aromatic N) is 1. The first-order chi connectivity index (χ1) is 11.9. The zero-order valence-corrected chi connectivity index (χ0v) is 14.5. The van der Waals surface area contributed by atoms with E-state index < -0.39 is 17.9 Å². The number of amides is 2. The van der Waals surface area contributed by atoms with Gasteiger partial charge in [0.15, 0.2) is 0 Å². The van der Waals surface area contributed by atoms with E-state index in [1.807, 2.05) is 13.0 Å². The van der Waals surface area contributed by atoms with Crippen molar-refractivity contribution in [1.29, 1.82) is 0 Å². The van der Waals surface area contributed by atoms with Crippen LogP contribution in [0.3, 0.4) is 0 Å². The second-order valence-corrected chi connectivity index (χ2v) is 5.80. The topological polar surface area (TPSA) is 95.9 Å². The Kier molecular flexibility index (Phi) is 5.80. The van der Waals surface area contributed by atoms with Gasteiger partial charge in [0.05, 0.1) is 24.8 Å². The Bertz CT molecular complexity index is 726. The lowest BCUT2D eigenvalue weighted by molar-refractivity contribution is -0.137. The Hall–Kier alpha value is -2.83. The third-order valence-corrected chi connectivity index (χ3v) is 4.20. The predicted molar refractivity (Wildman–Crippen MR) is 92.5 cm³/mol. The summed E-state index contributed by atoms with van der Waals surface area (Å²) < 4.78 is 5.18. The molecule has 1 aromatic rings. The van der Waals surface area contributed by atoms with Crippen molar-refractivity contribution < 1.29 is 24.2 Å². The molecule has 7 nitrogen and oxygen atoms in total. The molecule has 0 spiro atoms. The molecule has 7 heteroatoms. The Morgan fingerprint density at radius 2 is 2.08 bits per heavy atom. The number of methoxy groups -OCH3 is 1. The number of carboxylic acids is 1. The van der Waals surface area contributed by atoms with Crippen LogP contribution >= 0.6 is 0 Å². The Labute approximate surface area is 146 Å². The second-order valence-electron chi connectivity index (χ2n) is 5.80. The number of ether oxygens (including phenoxy) is 1. The Balaban J connectivity index is 2.24. The third-order valence-electron chi connectivity index (χ3n) is 4.20. The lowest BCUT2D eigenvalue weighted by atomic mass is 10.1. The lowest BCUT2D eigenvalue weighted by Gasteiger charge is -2.21. The van der Waals surface area contributed by atoms with Gasteiger partial charge < -0.3 is 15.2 Å². The average molecular weight is 346 g/mol. The largest absolute Gasteiger partial charge is 0.500 e. The molecule has 2 N–H and O–H groups in total. The molecule has 1 heterocycles. The molecule has 0 saturated carbocycles. The van der Waals surface area contributed by atoms with E-state index in [-0.39, 0.29) is 18.7 Å². The molecule has 1 aliphatic heterocycles. The first kappa shape index (κ1) is 18.5. The summed E-state index contributed by atoms with van der Waals surface area (Å²) in [5.41, 5.74) is 1.21. The van der Waals surface area contributed by atoms with Gasteiger partial charge in [-0.15, -0.1) is 0 Å². The minimum Gasteiger partial charge on any atom is -0.500 e. The van der Waals surface area contributed by atoms with Crippen molar-refractivity contribution in [3.63, 3.8) is 0 Å². The summed E-state index contributed by atoms with van der Waals surface area (Å²) in [7, 11) is 1.56. The van der Waals surface area contributed by atoms with Gasteiger partial charge in [0.2, 0.25) is 0 Å². The first-order valence-corrected chi connectivity index (χ1v) is 8.06. The summed E-state index contributed by atoms with van der Waals surface area (Å²) in [5.74, 6) is -1.04. The molecule has 1 atom stereocenters. The van der Waals surface area contributed by atoms with Crippen molar-refractivity contribution in [2.24, 2.45) is 0 Å². The maximum Gasteiger partial charge on any atom is 0.303 e. The van der Waals surface area contributed by atoms with Gasteiger partial charge in [0.1, 0.15) is 5.76 Å². The standard InChI is InChI=1S/C18H22N2O5/c1-4-12(25-3)10-19-14-7-5-6-13-16(14)18(24)20(17(13)23)11(2)8-9-15(21)22/h4-7,11,19H,8-10H2,1-3H3,(H,21,22)/b12-4-. The number of imide groups is 1. The summed E-state index contributed by atoms with van der Waals surface area (Å²) >= 11 is 0. The number of rotatable bonds is 8. The number of carboxylic acid groups (broad SMARTS) is 1. The highest BCUT2D eigenvalue weighted by molar-refractivity contribution is 6.23. The molecule has 0 bridgehead atoms. The fourth-order valence-corrected chi connectivity index (χ4v) is 2.79. The Morgan fingerprint density at radius 1 is 1.36 bits per heavy atom. The van der Waals surface area contributed by atoms with Crippen LogP contribution in [0.2, 0.25) is 0 Å². The molecule has 0 aliphatic carbocycles. The van der Waals surface area contributed by atoms with Crippen LogP contribution < -0.4 is 5.32 Å². The molecule has 2 rings (SSSR count). The van der Waals surface area contributed by atoms with Gasteiger partial charge in [0, 0.05) is 18.2 Å². The fraction of sp³-hybridized carbons (Fsp3) is 0.389. The maximum atomic E-state index is 12.8. The van der Waals surface area contributed by atoms with Gasteiger partial charge in [-0.1, -0.05) is 6.07 Å². The van der Waals surface area contributed by atoms with Crippen LogP contribution in [-0.2, 0) is 9.53 Å². The number of benzene rings is 1. The van der Waals surface area contributed by atoms with Crippen LogP contribution in [-0.4, -0.2) is 47.5 Å². The Morgan fingerprint density at radius 3 is 2.68 bits per heavy atom. The first-order valence-electron chi connectivity index (χ1n) is 8.06. The van der Waals surface area contributed by atoms with Gasteiger partial charge in [-0.25, -0.2) is 0 Å². The lowest BCUT2D eigenvalue weighted by Crippen LogP contribution is -2.38. The molecule has 1 aliphatic rings. The van der Waals surface area contributed by atoms with Crippen LogP contribution in [0.15, 0.2) is 30.0 Å². The van der Waals surface area contributed by atoms with Crippen LogP contribution in [0.4, 0.5) is 5.69 Å².